The number of nitrogens with zero attached hydrogens (tertiary/aromatic N) is 3. The summed E-state index contributed by atoms with van der Waals surface area (Å²) in [6.07, 6.45) is 0.181. The fourth-order valence-electron chi connectivity index (χ4n) is 2.89. The molecule has 0 aliphatic carbocycles. The van der Waals surface area contributed by atoms with Gasteiger partial charge in [-0.2, -0.15) is 0 Å². The molecule has 0 atom stereocenters. The van der Waals surface area contributed by atoms with Crippen LogP contribution in [0.1, 0.15) is 48.9 Å². The average Bonchev–Trinajstić information content (AvgIpc) is 3.12. The third-order valence-corrected chi connectivity index (χ3v) is 6.21. The van der Waals surface area contributed by atoms with Crippen LogP contribution in [-0.4, -0.2) is 32.3 Å². The van der Waals surface area contributed by atoms with Crippen molar-refractivity contribution in [1.82, 2.24) is 20.1 Å². The summed E-state index contributed by atoms with van der Waals surface area (Å²) in [5.74, 6) is 1.08. The van der Waals surface area contributed by atoms with Gasteiger partial charge in [-0.3, -0.25) is 14.9 Å². The minimum Gasteiger partial charge on any atom is -0.486 e. The lowest BCUT2D eigenvalue weighted by Crippen LogP contribution is -2.30. The van der Waals surface area contributed by atoms with Crippen LogP contribution in [0.2, 0.25) is 5.02 Å². The third-order valence-electron chi connectivity index (χ3n) is 4.93. The predicted molar refractivity (Wildman–Crippen MR) is 130 cm³/mol. The number of carbonyl (C=O) groups is 2. The molecule has 0 aliphatic heterocycles. The molecule has 1 N–H and O–H groups in total. The smallest absolute Gasteiger partial charge is 0.257 e. The van der Waals surface area contributed by atoms with Crippen LogP contribution < -0.4 is 10.1 Å². The van der Waals surface area contributed by atoms with E-state index in [1.165, 1.54) is 11.8 Å². The number of aromatic nitrogens is 3. The molecule has 1 heterocycles. The van der Waals surface area contributed by atoms with Gasteiger partial charge in [0.15, 0.2) is 11.0 Å². The van der Waals surface area contributed by atoms with Crippen molar-refractivity contribution in [1.29, 1.82) is 0 Å². The van der Waals surface area contributed by atoms with Gasteiger partial charge >= 0.3 is 0 Å². The Morgan fingerprint density at radius 1 is 1.06 bits per heavy atom. The normalized spacial score (nSPS) is 11.3. The molecule has 174 valence electrons. The van der Waals surface area contributed by atoms with Crippen LogP contribution in [0.3, 0.4) is 0 Å². The number of thioether (sulfide) groups is 1. The minimum atomic E-state index is -0.397. The maximum atomic E-state index is 12.3. The first-order chi connectivity index (χ1) is 15.6. The van der Waals surface area contributed by atoms with Crippen LogP contribution in [0.15, 0.2) is 53.7 Å². The molecule has 9 heteroatoms. The van der Waals surface area contributed by atoms with E-state index in [0.717, 1.165) is 5.56 Å². The van der Waals surface area contributed by atoms with Crippen molar-refractivity contribution in [2.45, 2.75) is 44.4 Å². The Morgan fingerprint density at radius 2 is 1.73 bits per heavy atom. The highest BCUT2D eigenvalue weighted by Crippen LogP contribution is 2.22. The largest absolute Gasteiger partial charge is 0.486 e. The van der Waals surface area contributed by atoms with Crippen LogP contribution in [0, 0.1) is 0 Å². The van der Waals surface area contributed by atoms with E-state index in [1.807, 2.05) is 23.7 Å². The molecule has 2 aromatic carbocycles. The lowest BCUT2D eigenvalue weighted by Gasteiger charge is -2.19. The van der Waals surface area contributed by atoms with Crippen LogP contribution in [0.4, 0.5) is 0 Å². The summed E-state index contributed by atoms with van der Waals surface area (Å²) in [4.78, 5) is 24.5. The molecular formula is C24H27ClN4O3S. The second-order valence-electron chi connectivity index (χ2n) is 8.50. The van der Waals surface area contributed by atoms with E-state index in [2.05, 4.69) is 36.3 Å². The van der Waals surface area contributed by atoms with E-state index in [1.54, 1.807) is 36.4 Å². The Morgan fingerprint density at radius 3 is 2.36 bits per heavy atom. The first-order valence-corrected chi connectivity index (χ1v) is 11.8. The molecule has 3 aromatic rings. The van der Waals surface area contributed by atoms with Gasteiger partial charge in [-0.1, -0.05) is 56.3 Å². The van der Waals surface area contributed by atoms with Crippen molar-refractivity contribution < 1.29 is 14.3 Å². The van der Waals surface area contributed by atoms with Crippen molar-refractivity contribution in [3.63, 3.8) is 0 Å². The topological polar surface area (TPSA) is 86.1 Å². The number of benzene rings is 2. The molecule has 0 radical (unpaired) electrons. The van der Waals surface area contributed by atoms with Crippen molar-refractivity contribution >= 4 is 35.2 Å². The molecule has 0 bridgehead atoms. The molecule has 1 aromatic heterocycles. The van der Waals surface area contributed by atoms with Gasteiger partial charge < -0.3 is 9.30 Å². The van der Waals surface area contributed by atoms with Gasteiger partial charge in [0.05, 0.1) is 0 Å². The number of nitrogens with one attached hydrogen (secondary N) is 1. The van der Waals surface area contributed by atoms with E-state index in [4.69, 9.17) is 16.3 Å². The number of rotatable bonds is 8. The Kier molecular flexibility index (Phi) is 8.15. The quantitative estimate of drug-likeness (QED) is 0.461. The summed E-state index contributed by atoms with van der Waals surface area (Å²) >= 11 is 7.27. The molecule has 0 aliphatic rings. The number of amides is 2. The molecular weight excluding hydrogens is 460 g/mol. The number of hydrogen-bond acceptors (Lipinski definition) is 6. The Bertz CT molecular complexity index is 1110. The van der Waals surface area contributed by atoms with Crippen LogP contribution >= 0.6 is 23.4 Å². The third kappa shape index (κ3) is 7.07. The zero-order valence-corrected chi connectivity index (χ0v) is 20.7. The zero-order valence-electron chi connectivity index (χ0n) is 19.1. The molecule has 0 unspecified atom stereocenters. The SMILES string of the molecule is Cn1c(COc2ccc(Cl)cc2)nnc1SCCC(=O)NC(=O)c1ccc(C(C)(C)C)cc1. The standard InChI is InChI=1S/C24H27ClN4O3S/c1-24(2,3)17-7-5-16(6-8-17)22(31)26-21(30)13-14-33-23-28-27-20(29(23)4)15-32-19-11-9-18(25)10-12-19/h5-12H,13-15H2,1-4H3,(H,26,30,31). The lowest BCUT2D eigenvalue weighted by atomic mass is 9.87. The average molecular weight is 487 g/mol. The van der Waals surface area contributed by atoms with Gasteiger partial charge in [-0.15, -0.1) is 10.2 Å². The van der Waals surface area contributed by atoms with Crippen LogP contribution in [0.5, 0.6) is 5.75 Å². The van der Waals surface area contributed by atoms with E-state index in [-0.39, 0.29) is 24.3 Å². The van der Waals surface area contributed by atoms with Crippen molar-refractivity contribution in [2.75, 3.05) is 5.75 Å². The van der Waals surface area contributed by atoms with Crippen molar-refractivity contribution in [2.24, 2.45) is 7.05 Å². The lowest BCUT2D eigenvalue weighted by molar-refractivity contribution is -0.119. The summed E-state index contributed by atoms with van der Waals surface area (Å²) in [5.41, 5.74) is 1.59. The fraction of sp³-hybridized carbons (Fsp3) is 0.333. The molecule has 0 saturated carbocycles. The molecule has 33 heavy (non-hydrogen) atoms. The zero-order chi connectivity index (χ0) is 24.0. The van der Waals surface area contributed by atoms with Gasteiger partial charge in [-0.25, -0.2) is 0 Å². The highest BCUT2D eigenvalue weighted by Gasteiger charge is 2.16. The minimum absolute atomic E-state index is 0.00369. The molecule has 2 amide bonds. The number of imide groups is 1. The Hall–Kier alpha value is -2.84. The summed E-state index contributed by atoms with van der Waals surface area (Å²) < 4.78 is 7.52. The molecule has 3 rings (SSSR count). The van der Waals surface area contributed by atoms with E-state index in [0.29, 0.717) is 33.1 Å². The van der Waals surface area contributed by atoms with E-state index < -0.39 is 5.91 Å². The van der Waals surface area contributed by atoms with Gasteiger partial charge in [0.25, 0.3) is 5.91 Å². The Balaban J connectivity index is 1.44. The van der Waals surface area contributed by atoms with Crippen LogP contribution in [0.25, 0.3) is 0 Å². The highest BCUT2D eigenvalue weighted by atomic mass is 35.5. The predicted octanol–water partition coefficient (Wildman–Crippen LogP) is 4.78. The number of halogens is 1. The summed E-state index contributed by atoms with van der Waals surface area (Å²) in [6.45, 7) is 6.58. The van der Waals surface area contributed by atoms with Gasteiger partial charge in [-0.05, 0) is 47.4 Å². The van der Waals surface area contributed by atoms with Crippen molar-refractivity contribution in [3.8, 4) is 5.75 Å². The Labute approximate surface area is 202 Å². The van der Waals surface area contributed by atoms with E-state index >= 15 is 0 Å². The first-order valence-electron chi connectivity index (χ1n) is 10.5. The summed E-state index contributed by atoms with van der Waals surface area (Å²) in [5, 5.41) is 12.0. The van der Waals surface area contributed by atoms with E-state index in [9.17, 15) is 9.59 Å². The fourth-order valence-corrected chi connectivity index (χ4v) is 3.89. The summed E-state index contributed by atoms with van der Waals surface area (Å²) in [7, 11) is 1.84. The maximum absolute atomic E-state index is 12.3. The molecule has 0 saturated heterocycles. The molecule has 0 spiro atoms. The number of hydrogen-bond donors (Lipinski definition) is 1. The molecule has 7 nitrogen and oxygen atoms in total. The van der Waals surface area contributed by atoms with Crippen molar-refractivity contribution in [3.05, 3.63) is 70.5 Å². The highest BCUT2D eigenvalue weighted by molar-refractivity contribution is 7.99. The summed E-state index contributed by atoms with van der Waals surface area (Å²) in [6, 6.07) is 14.4. The van der Waals surface area contributed by atoms with Gasteiger partial charge in [0, 0.05) is 29.8 Å². The second-order valence-corrected chi connectivity index (χ2v) is 10.0. The second kappa shape index (κ2) is 10.9. The maximum Gasteiger partial charge on any atom is 0.257 e. The number of carbonyl (C=O) groups excluding carboxylic acids is 2. The molecule has 0 fully saturated rings. The monoisotopic (exact) mass is 486 g/mol. The van der Waals surface area contributed by atoms with Gasteiger partial charge in [0.2, 0.25) is 5.91 Å². The first kappa shape index (κ1) is 24.8. The van der Waals surface area contributed by atoms with Crippen LogP contribution in [-0.2, 0) is 23.9 Å². The number of ether oxygens (including phenoxy) is 1. The van der Waals surface area contributed by atoms with Gasteiger partial charge in [0.1, 0.15) is 12.4 Å².